The molecule has 0 aromatic heterocycles. The van der Waals surface area contributed by atoms with Crippen LogP contribution in [-0.2, 0) is 0 Å². The number of carbonyl (C=O) groups excluding carboxylic acids is 1. The summed E-state index contributed by atoms with van der Waals surface area (Å²) in [6.07, 6.45) is -0.569. The van der Waals surface area contributed by atoms with Crippen molar-refractivity contribution in [2.75, 3.05) is 6.54 Å². The first kappa shape index (κ1) is 18.4. The van der Waals surface area contributed by atoms with E-state index in [2.05, 4.69) is 5.32 Å². The number of halogens is 1. The number of carbonyl (C=O) groups is 1. The second-order valence-electron chi connectivity index (χ2n) is 6.28. The normalized spacial score (nSPS) is 13.0. The minimum atomic E-state index is -0.574. The van der Waals surface area contributed by atoms with Crippen molar-refractivity contribution in [2.24, 2.45) is 11.3 Å². The lowest BCUT2D eigenvalue weighted by Crippen LogP contribution is -2.43. The van der Waals surface area contributed by atoms with Gasteiger partial charge in [0.2, 0.25) is 0 Å². The molecule has 0 fully saturated rings. The van der Waals surface area contributed by atoms with Gasteiger partial charge in [-0.2, -0.15) is 0 Å². The molecule has 0 aliphatic heterocycles. The zero-order valence-electron chi connectivity index (χ0n) is 13.1. The van der Waals surface area contributed by atoms with Crippen LogP contribution in [0.15, 0.2) is 18.2 Å². The lowest BCUT2D eigenvalue weighted by Gasteiger charge is -2.33. The highest BCUT2D eigenvalue weighted by Crippen LogP contribution is 2.26. The van der Waals surface area contributed by atoms with Crippen LogP contribution < -0.4 is 5.32 Å². The summed E-state index contributed by atoms with van der Waals surface area (Å²) in [5.74, 6) is -0.362. The number of nitrogens with one attached hydrogen (secondary N) is 1. The van der Waals surface area contributed by atoms with Gasteiger partial charge in [0.1, 0.15) is 0 Å². The number of aliphatic hydroxyl groups excluding tert-OH is 1. The first-order valence-corrected chi connectivity index (χ1v) is 7.34. The van der Waals surface area contributed by atoms with E-state index in [-0.39, 0.29) is 28.7 Å². The molecule has 2 N–H and O–H groups in total. The number of nitro groups is 1. The second kappa shape index (κ2) is 7.07. The lowest BCUT2D eigenvalue weighted by molar-refractivity contribution is -0.384. The van der Waals surface area contributed by atoms with E-state index in [1.54, 1.807) is 0 Å². The van der Waals surface area contributed by atoms with E-state index in [1.807, 2.05) is 27.7 Å². The Kier molecular flexibility index (Phi) is 5.91. The molecule has 6 nitrogen and oxygen atoms in total. The summed E-state index contributed by atoms with van der Waals surface area (Å²) in [6.45, 7) is 7.78. The van der Waals surface area contributed by atoms with Gasteiger partial charge in [0.15, 0.2) is 0 Å². The molecule has 0 saturated carbocycles. The maximum absolute atomic E-state index is 12.1. The zero-order chi connectivity index (χ0) is 17.1. The molecule has 122 valence electrons. The Morgan fingerprint density at radius 3 is 2.50 bits per heavy atom. The van der Waals surface area contributed by atoms with E-state index in [4.69, 9.17) is 11.6 Å². The van der Waals surface area contributed by atoms with Gasteiger partial charge in [-0.05, 0) is 12.0 Å². The average molecular weight is 329 g/mol. The summed E-state index contributed by atoms with van der Waals surface area (Å²) in [6, 6.07) is 3.70. The minimum Gasteiger partial charge on any atom is -0.392 e. The fourth-order valence-electron chi connectivity index (χ4n) is 2.21. The number of nitro benzene ring substituents is 1. The highest BCUT2D eigenvalue weighted by Gasteiger charge is 2.30. The number of rotatable bonds is 6. The number of nitrogens with zero attached hydrogens (tertiary/aromatic N) is 1. The Bertz CT molecular complexity index is 573. The van der Waals surface area contributed by atoms with Gasteiger partial charge in [-0.25, -0.2) is 0 Å². The van der Waals surface area contributed by atoms with Crippen LogP contribution in [0.4, 0.5) is 5.69 Å². The average Bonchev–Trinajstić information content (AvgIpc) is 2.43. The molecule has 7 heteroatoms. The number of non-ortho nitro benzene ring substituents is 1. The SMILES string of the molecule is CC(C)C(O)C(C)(C)CNC(=O)c1ccc([N+](=O)[O-])cc1Cl. The van der Waals surface area contributed by atoms with E-state index < -0.39 is 22.3 Å². The predicted octanol–water partition coefficient (Wildman–Crippen LogP) is 3.02. The molecule has 1 aromatic carbocycles. The third-order valence-corrected chi connectivity index (χ3v) is 3.86. The molecular formula is C15H21ClN2O4. The summed E-state index contributed by atoms with van der Waals surface area (Å²) in [5, 5.41) is 23.5. The number of benzene rings is 1. The standard InChI is InChI=1S/C15H21ClN2O4/c1-9(2)13(19)15(3,4)8-17-14(20)11-6-5-10(18(21)22)7-12(11)16/h5-7,9,13,19H,8H2,1-4H3,(H,17,20). The Labute approximate surface area is 134 Å². The summed E-state index contributed by atoms with van der Waals surface area (Å²) in [5.41, 5.74) is -0.504. The van der Waals surface area contributed by atoms with E-state index in [1.165, 1.54) is 12.1 Å². The van der Waals surface area contributed by atoms with Gasteiger partial charge >= 0.3 is 0 Å². The predicted molar refractivity (Wildman–Crippen MR) is 85.1 cm³/mol. The molecule has 22 heavy (non-hydrogen) atoms. The van der Waals surface area contributed by atoms with Crippen molar-refractivity contribution in [1.82, 2.24) is 5.32 Å². The van der Waals surface area contributed by atoms with Crippen molar-refractivity contribution in [1.29, 1.82) is 0 Å². The van der Waals surface area contributed by atoms with Gasteiger partial charge in [-0.3, -0.25) is 14.9 Å². The number of amides is 1. The van der Waals surface area contributed by atoms with E-state index in [0.717, 1.165) is 6.07 Å². The maximum Gasteiger partial charge on any atom is 0.270 e. The van der Waals surface area contributed by atoms with Crippen molar-refractivity contribution < 1.29 is 14.8 Å². The molecule has 1 aromatic rings. The molecule has 1 amide bonds. The quantitative estimate of drug-likeness (QED) is 0.620. The van der Waals surface area contributed by atoms with Gasteiger partial charge in [0, 0.05) is 24.1 Å². The lowest BCUT2D eigenvalue weighted by atomic mass is 9.80. The van der Waals surface area contributed by atoms with E-state index in [9.17, 15) is 20.0 Å². The Morgan fingerprint density at radius 1 is 1.45 bits per heavy atom. The van der Waals surface area contributed by atoms with Crippen molar-refractivity contribution in [3.8, 4) is 0 Å². The van der Waals surface area contributed by atoms with Crippen LogP contribution in [0.5, 0.6) is 0 Å². The van der Waals surface area contributed by atoms with Crippen molar-refractivity contribution in [3.63, 3.8) is 0 Å². The smallest absolute Gasteiger partial charge is 0.270 e. The maximum atomic E-state index is 12.1. The van der Waals surface area contributed by atoms with Crippen LogP contribution in [0.3, 0.4) is 0 Å². The van der Waals surface area contributed by atoms with Gasteiger partial charge in [-0.1, -0.05) is 39.3 Å². The molecular weight excluding hydrogens is 308 g/mol. The first-order chi connectivity index (χ1) is 10.1. The Hall–Kier alpha value is -1.66. The van der Waals surface area contributed by atoms with Crippen molar-refractivity contribution in [2.45, 2.75) is 33.8 Å². The third-order valence-electron chi connectivity index (χ3n) is 3.54. The molecule has 0 bridgehead atoms. The van der Waals surface area contributed by atoms with E-state index >= 15 is 0 Å². The summed E-state index contributed by atoms with van der Waals surface area (Å²) < 4.78 is 0. The molecule has 1 atom stereocenters. The molecule has 0 saturated heterocycles. The summed E-state index contributed by atoms with van der Waals surface area (Å²) in [7, 11) is 0. The number of hydrogen-bond donors (Lipinski definition) is 2. The topological polar surface area (TPSA) is 92.5 Å². The van der Waals surface area contributed by atoms with Gasteiger partial charge in [-0.15, -0.1) is 0 Å². The summed E-state index contributed by atoms with van der Waals surface area (Å²) in [4.78, 5) is 22.2. The van der Waals surface area contributed by atoms with Crippen LogP contribution in [0.2, 0.25) is 5.02 Å². The van der Waals surface area contributed by atoms with Crippen molar-refractivity contribution >= 4 is 23.2 Å². The Morgan fingerprint density at radius 2 is 2.05 bits per heavy atom. The minimum absolute atomic E-state index is 0.0221. The molecule has 0 radical (unpaired) electrons. The fraction of sp³-hybridized carbons (Fsp3) is 0.533. The monoisotopic (exact) mass is 328 g/mol. The molecule has 0 spiro atoms. The third kappa shape index (κ3) is 4.42. The fourth-order valence-corrected chi connectivity index (χ4v) is 2.47. The largest absolute Gasteiger partial charge is 0.392 e. The molecule has 0 heterocycles. The van der Waals surface area contributed by atoms with Gasteiger partial charge in [0.05, 0.1) is 21.6 Å². The number of aliphatic hydroxyl groups is 1. The van der Waals surface area contributed by atoms with Crippen LogP contribution in [0.1, 0.15) is 38.1 Å². The van der Waals surface area contributed by atoms with Crippen LogP contribution >= 0.6 is 11.6 Å². The highest BCUT2D eigenvalue weighted by atomic mass is 35.5. The zero-order valence-corrected chi connectivity index (χ0v) is 13.8. The van der Waals surface area contributed by atoms with Crippen LogP contribution in [-0.4, -0.2) is 28.6 Å². The van der Waals surface area contributed by atoms with Gasteiger partial charge in [0.25, 0.3) is 11.6 Å². The summed E-state index contributed by atoms with van der Waals surface area (Å²) >= 11 is 5.92. The molecule has 0 aliphatic carbocycles. The molecule has 0 aliphatic rings. The highest BCUT2D eigenvalue weighted by molar-refractivity contribution is 6.34. The van der Waals surface area contributed by atoms with Crippen molar-refractivity contribution in [3.05, 3.63) is 38.9 Å². The van der Waals surface area contributed by atoms with Gasteiger partial charge < -0.3 is 10.4 Å². The van der Waals surface area contributed by atoms with Crippen LogP contribution in [0, 0.1) is 21.4 Å². The van der Waals surface area contributed by atoms with Crippen LogP contribution in [0.25, 0.3) is 0 Å². The second-order valence-corrected chi connectivity index (χ2v) is 6.69. The van der Waals surface area contributed by atoms with E-state index in [0.29, 0.717) is 0 Å². The first-order valence-electron chi connectivity index (χ1n) is 6.96. The number of hydrogen-bond acceptors (Lipinski definition) is 4. The molecule has 1 unspecified atom stereocenters. The molecule has 1 rings (SSSR count). The Balaban J connectivity index is 2.80.